The molecule has 3 N–H and O–H groups in total. The molecule has 16 heavy (non-hydrogen) atoms. The van der Waals surface area contributed by atoms with Crippen LogP contribution in [-0.4, -0.2) is 19.6 Å². The number of hydrogen-bond donors (Lipinski definition) is 2. The van der Waals surface area contributed by atoms with Gasteiger partial charge in [0.1, 0.15) is 5.75 Å². The third kappa shape index (κ3) is 2.97. The van der Waals surface area contributed by atoms with Gasteiger partial charge in [0.15, 0.2) is 6.61 Å². The maximum atomic E-state index is 11.1. The topological polar surface area (TPSA) is 64.3 Å². The summed E-state index contributed by atoms with van der Waals surface area (Å²) in [4.78, 5) is 11.1. The highest BCUT2D eigenvalue weighted by atomic mass is 16.5. The number of carbonyl (C=O) groups is 1. The van der Waals surface area contributed by atoms with Crippen LogP contribution in [0.2, 0.25) is 0 Å². The van der Waals surface area contributed by atoms with Crippen LogP contribution in [0.1, 0.15) is 16.7 Å². The zero-order valence-electron chi connectivity index (χ0n) is 9.96. The molecule has 0 atom stereocenters. The van der Waals surface area contributed by atoms with Crippen LogP contribution in [0.25, 0.3) is 0 Å². The van der Waals surface area contributed by atoms with E-state index in [1.54, 1.807) is 7.05 Å². The van der Waals surface area contributed by atoms with Gasteiger partial charge in [-0.15, -0.1) is 0 Å². The molecule has 0 unspecified atom stereocenters. The van der Waals surface area contributed by atoms with Gasteiger partial charge < -0.3 is 15.8 Å². The molecule has 0 aliphatic carbocycles. The number of nitrogens with one attached hydrogen (secondary N) is 1. The van der Waals surface area contributed by atoms with E-state index in [4.69, 9.17) is 10.5 Å². The van der Waals surface area contributed by atoms with Crippen molar-refractivity contribution in [2.45, 2.75) is 20.4 Å². The smallest absolute Gasteiger partial charge is 0.257 e. The summed E-state index contributed by atoms with van der Waals surface area (Å²) in [5, 5.41) is 2.51. The minimum Gasteiger partial charge on any atom is -0.483 e. The number of hydrogen-bond acceptors (Lipinski definition) is 3. The molecule has 0 bridgehead atoms. The number of likely N-dealkylation sites (N-methyl/N-ethyl adjacent to an activating group) is 1. The first kappa shape index (κ1) is 12.5. The fraction of sp³-hybridized carbons (Fsp3) is 0.417. The van der Waals surface area contributed by atoms with E-state index in [0.717, 1.165) is 22.4 Å². The first-order chi connectivity index (χ1) is 7.58. The number of ether oxygens (including phenoxy) is 1. The van der Waals surface area contributed by atoms with E-state index in [-0.39, 0.29) is 12.5 Å². The molecule has 0 fully saturated rings. The summed E-state index contributed by atoms with van der Waals surface area (Å²) in [5.74, 6) is 0.627. The lowest BCUT2D eigenvalue weighted by Gasteiger charge is -2.13. The Balaban J connectivity index is 2.84. The molecule has 4 heteroatoms. The first-order valence-electron chi connectivity index (χ1n) is 5.22. The molecule has 1 aromatic carbocycles. The number of nitrogens with two attached hydrogens (primary N) is 1. The molecular formula is C12H18N2O2. The molecule has 0 spiro atoms. The molecule has 1 amide bonds. The van der Waals surface area contributed by atoms with Crippen molar-refractivity contribution >= 4 is 5.91 Å². The fourth-order valence-electron chi connectivity index (χ4n) is 1.60. The summed E-state index contributed by atoms with van der Waals surface area (Å²) in [6.45, 7) is 4.45. The molecule has 0 radical (unpaired) electrons. The lowest BCUT2D eigenvalue weighted by molar-refractivity contribution is -0.122. The van der Waals surface area contributed by atoms with Crippen molar-refractivity contribution in [3.8, 4) is 5.75 Å². The molecule has 0 saturated carbocycles. The molecule has 1 aromatic rings. The Labute approximate surface area is 95.8 Å². The van der Waals surface area contributed by atoms with Gasteiger partial charge in [-0.3, -0.25) is 4.79 Å². The normalized spacial score (nSPS) is 10.0. The SMILES string of the molecule is CNC(=O)COc1c(C)cc(CN)cc1C. The van der Waals surface area contributed by atoms with E-state index in [9.17, 15) is 4.79 Å². The molecule has 0 aliphatic heterocycles. The van der Waals surface area contributed by atoms with Crippen LogP contribution in [0.15, 0.2) is 12.1 Å². The van der Waals surface area contributed by atoms with Crippen LogP contribution >= 0.6 is 0 Å². The Morgan fingerprint density at radius 3 is 2.38 bits per heavy atom. The van der Waals surface area contributed by atoms with Crippen LogP contribution in [0.3, 0.4) is 0 Å². The third-order valence-electron chi connectivity index (χ3n) is 2.38. The summed E-state index contributed by atoms with van der Waals surface area (Å²) in [7, 11) is 1.59. The van der Waals surface area contributed by atoms with Gasteiger partial charge in [0.2, 0.25) is 0 Å². The van der Waals surface area contributed by atoms with Crippen molar-refractivity contribution in [1.82, 2.24) is 5.32 Å². The van der Waals surface area contributed by atoms with E-state index in [2.05, 4.69) is 5.32 Å². The van der Waals surface area contributed by atoms with Gasteiger partial charge in [-0.2, -0.15) is 0 Å². The van der Waals surface area contributed by atoms with Crippen molar-refractivity contribution in [2.75, 3.05) is 13.7 Å². The van der Waals surface area contributed by atoms with Crippen molar-refractivity contribution in [1.29, 1.82) is 0 Å². The van der Waals surface area contributed by atoms with E-state index in [0.29, 0.717) is 6.54 Å². The summed E-state index contributed by atoms with van der Waals surface area (Å²) >= 11 is 0. The number of rotatable bonds is 4. The van der Waals surface area contributed by atoms with Gasteiger partial charge >= 0.3 is 0 Å². The largest absolute Gasteiger partial charge is 0.483 e. The number of amides is 1. The second-order valence-electron chi connectivity index (χ2n) is 3.72. The average molecular weight is 222 g/mol. The fourth-order valence-corrected chi connectivity index (χ4v) is 1.60. The standard InChI is InChI=1S/C12H18N2O2/c1-8-4-10(6-13)5-9(2)12(8)16-7-11(15)14-3/h4-5H,6-7,13H2,1-3H3,(H,14,15). The Morgan fingerprint density at radius 1 is 1.38 bits per heavy atom. The lowest BCUT2D eigenvalue weighted by Crippen LogP contribution is -2.25. The second kappa shape index (κ2) is 5.51. The van der Waals surface area contributed by atoms with Crippen molar-refractivity contribution in [3.63, 3.8) is 0 Å². The molecular weight excluding hydrogens is 204 g/mol. The quantitative estimate of drug-likeness (QED) is 0.795. The maximum absolute atomic E-state index is 11.1. The summed E-state index contributed by atoms with van der Waals surface area (Å²) in [6.07, 6.45) is 0. The zero-order valence-corrected chi connectivity index (χ0v) is 9.96. The number of carbonyl (C=O) groups excluding carboxylic acids is 1. The van der Waals surface area contributed by atoms with Crippen molar-refractivity contribution in [3.05, 3.63) is 28.8 Å². The summed E-state index contributed by atoms with van der Waals surface area (Å²) in [6, 6.07) is 3.96. The highest BCUT2D eigenvalue weighted by Crippen LogP contribution is 2.24. The monoisotopic (exact) mass is 222 g/mol. The molecule has 0 aliphatic rings. The van der Waals surface area contributed by atoms with Crippen LogP contribution < -0.4 is 15.8 Å². The minimum absolute atomic E-state index is 0.0418. The average Bonchev–Trinajstić information content (AvgIpc) is 2.27. The number of aryl methyl sites for hydroxylation is 2. The minimum atomic E-state index is -0.137. The van der Waals surface area contributed by atoms with Gasteiger partial charge in [-0.1, -0.05) is 12.1 Å². The molecule has 4 nitrogen and oxygen atoms in total. The van der Waals surface area contributed by atoms with E-state index in [1.807, 2.05) is 26.0 Å². The van der Waals surface area contributed by atoms with Gasteiger partial charge in [0, 0.05) is 13.6 Å². The lowest BCUT2D eigenvalue weighted by atomic mass is 10.1. The molecule has 0 saturated heterocycles. The third-order valence-corrected chi connectivity index (χ3v) is 2.38. The molecule has 88 valence electrons. The van der Waals surface area contributed by atoms with E-state index < -0.39 is 0 Å². The maximum Gasteiger partial charge on any atom is 0.257 e. The Kier molecular flexibility index (Phi) is 4.31. The second-order valence-corrected chi connectivity index (χ2v) is 3.72. The first-order valence-corrected chi connectivity index (χ1v) is 5.22. The van der Waals surface area contributed by atoms with Gasteiger partial charge in [-0.05, 0) is 30.5 Å². The Morgan fingerprint density at radius 2 is 1.94 bits per heavy atom. The van der Waals surface area contributed by atoms with Gasteiger partial charge in [-0.25, -0.2) is 0 Å². The van der Waals surface area contributed by atoms with Gasteiger partial charge in [0.05, 0.1) is 0 Å². The van der Waals surface area contributed by atoms with Crippen LogP contribution in [-0.2, 0) is 11.3 Å². The Hall–Kier alpha value is -1.55. The van der Waals surface area contributed by atoms with E-state index >= 15 is 0 Å². The number of benzene rings is 1. The zero-order chi connectivity index (χ0) is 12.1. The summed E-state index contributed by atoms with van der Waals surface area (Å²) in [5.41, 5.74) is 8.66. The van der Waals surface area contributed by atoms with Crippen LogP contribution in [0.4, 0.5) is 0 Å². The highest BCUT2D eigenvalue weighted by Gasteiger charge is 2.07. The van der Waals surface area contributed by atoms with Crippen LogP contribution in [0.5, 0.6) is 5.75 Å². The van der Waals surface area contributed by atoms with Crippen molar-refractivity contribution in [2.24, 2.45) is 5.73 Å². The van der Waals surface area contributed by atoms with Gasteiger partial charge in [0.25, 0.3) is 5.91 Å². The predicted molar refractivity (Wildman–Crippen MR) is 63.4 cm³/mol. The van der Waals surface area contributed by atoms with Crippen LogP contribution in [0, 0.1) is 13.8 Å². The van der Waals surface area contributed by atoms with E-state index in [1.165, 1.54) is 0 Å². The molecule has 0 heterocycles. The van der Waals surface area contributed by atoms with Crippen molar-refractivity contribution < 1.29 is 9.53 Å². The molecule has 1 rings (SSSR count). The summed E-state index contributed by atoms with van der Waals surface area (Å²) < 4.78 is 5.47. The highest BCUT2D eigenvalue weighted by molar-refractivity contribution is 5.77. The molecule has 0 aromatic heterocycles. The Bertz CT molecular complexity index is 366. The predicted octanol–water partition coefficient (Wildman–Crippen LogP) is 0.887.